The number of aromatic nitrogens is 3. The highest BCUT2D eigenvalue weighted by atomic mass is 16.5. The van der Waals surface area contributed by atoms with Gasteiger partial charge in [0.1, 0.15) is 0 Å². The molecule has 1 aromatic carbocycles. The Balaban J connectivity index is 1.49. The van der Waals surface area contributed by atoms with Gasteiger partial charge >= 0.3 is 0 Å². The van der Waals surface area contributed by atoms with Gasteiger partial charge in [0.25, 0.3) is 0 Å². The number of nitrogens with zero attached hydrogens (tertiary/aromatic N) is 3. The molecule has 2 aromatic heterocycles. The molecule has 1 saturated heterocycles. The van der Waals surface area contributed by atoms with Gasteiger partial charge in [0.15, 0.2) is 6.10 Å². The van der Waals surface area contributed by atoms with Crippen LogP contribution in [0.3, 0.4) is 0 Å². The number of ether oxygens (including phenoxy) is 1. The Morgan fingerprint density at radius 2 is 2.24 bits per heavy atom. The summed E-state index contributed by atoms with van der Waals surface area (Å²) in [5.41, 5.74) is 3.28. The monoisotopic (exact) mass is 340 g/mol. The molecule has 1 N–H and O–H groups in total. The fraction of sp³-hybridized carbons (Fsp3) is 0.389. The molecule has 0 radical (unpaired) electrons. The highest BCUT2D eigenvalue weighted by molar-refractivity contribution is 5.90. The van der Waals surface area contributed by atoms with E-state index in [2.05, 4.69) is 28.2 Å². The van der Waals surface area contributed by atoms with E-state index in [0.29, 0.717) is 37.9 Å². The van der Waals surface area contributed by atoms with Gasteiger partial charge in [-0.15, -0.1) is 10.2 Å². The summed E-state index contributed by atoms with van der Waals surface area (Å²) in [6.45, 7) is 5.27. The number of hydrogen-bond acceptors (Lipinski definition) is 5. The fourth-order valence-electron chi connectivity index (χ4n) is 3.25. The minimum Gasteiger partial charge on any atom is -0.423 e. The Hall–Kier alpha value is -2.67. The Kier molecular flexibility index (Phi) is 4.01. The van der Waals surface area contributed by atoms with E-state index >= 15 is 0 Å². The summed E-state index contributed by atoms with van der Waals surface area (Å²) < 4.78 is 11.1. The molecule has 130 valence electrons. The molecular formula is C18H20N4O3. The van der Waals surface area contributed by atoms with Crippen molar-refractivity contribution in [2.45, 2.75) is 26.4 Å². The summed E-state index contributed by atoms with van der Waals surface area (Å²) in [6, 6.07) is 6.12. The molecule has 25 heavy (non-hydrogen) atoms. The van der Waals surface area contributed by atoms with E-state index in [1.165, 1.54) is 5.56 Å². The third-order valence-electron chi connectivity index (χ3n) is 4.59. The summed E-state index contributed by atoms with van der Waals surface area (Å²) in [6.07, 6.45) is 1.93. The average Bonchev–Trinajstić information content (AvgIpc) is 3.23. The lowest BCUT2D eigenvalue weighted by Gasteiger charge is -2.31. The van der Waals surface area contributed by atoms with Gasteiger partial charge in [-0.2, -0.15) is 0 Å². The van der Waals surface area contributed by atoms with Crippen molar-refractivity contribution in [1.29, 1.82) is 0 Å². The van der Waals surface area contributed by atoms with E-state index in [-0.39, 0.29) is 12.0 Å². The first-order chi connectivity index (χ1) is 12.1. The van der Waals surface area contributed by atoms with E-state index < -0.39 is 0 Å². The molecule has 0 aliphatic carbocycles. The van der Waals surface area contributed by atoms with Crippen LogP contribution >= 0.6 is 0 Å². The van der Waals surface area contributed by atoms with Gasteiger partial charge in [-0.3, -0.25) is 4.79 Å². The summed E-state index contributed by atoms with van der Waals surface area (Å²) >= 11 is 0. The second kappa shape index (κ2) is 6.33. The SMILES string of the molecule is Cc1nnc([C@H]2CN(C(=O)Cc3c[nH]c4c(C)cccc34)CCO2)o1. The number of aromatic amines is 1. The van der Waals surface area contributed by atoms with E-state index in [1.807, 2.05) is 23.2 Å². The van der Waals surface area contributed by atoms with Crippen molar-refractivity contribution in [3.63, 3.8) is 0 Å². The normalized spacial score (nSPS) is 18.0. The first-order valence-electron chi connectivity index (χ1n) is 8.37. The Bertz CT molecular complexity index is 914. The summed E-state index contributed by atoms with van der Waals surface area (Å²) in [5.74, 6) is 1.00. The second-order valence-electron chi connectivity index (χ2n) is 6.35. The molecule has 1 aliphatic rings. The number of H-pyrrole nitrogens is 1. The molecule has 1 atom stereocenters. The van der Waals surface area contributed by atoms with Crippen LogP contribution in [-0.2, 0) is 16.0 Å². The molecule has 0 saturated carbocycles. The number of amides is 1. The highest BCUT2D eigenvalue weighted by Gasteiger charge is 2.29. The van der Waals surface area contributed by atoms with E-state index in [9.17, 15) is 4.79 Å². The van der Waals surface area contributed by atoms with Crippen LogP contribution in [0.2, 0.25) is 0 Å². The van der Waals surface area contributed by atoms with Gasteiger partial charge in [-0.25, -0.2) is 0 Å². The zero-order valence-corrected chi connectivity index (χ0v) is 14.3. The average molecular weight is 340 g/mol. The maximum absolute atomic E-state index is 12.8. The molecular weight excluding hydrogens is 320 g/mol. The van der Waals surface area contributed by atoms with Gasteiger partial charge in [0, 0.05) is 30.6 Å². The molecule has 7 nitrogen and oxygen atoms in total. The minimum absolute atomic E-state index is 0.0759. The first kappa shape index (κ1) is 15.8. The van der Waals surface area contributed by atoms with Crippen LogP contribution < -0.4 is 0 Å². The van der Waals surface area contributed by atoms with Crippen LogP contribution in [-0.4, -0.2) is 45.7 Å². The van der Waals surface area contributed by atoms with Crippen LogP contribution in [0.25, 0.3) is 10.9 Å². The topological polar surface area (TPSA) is 84.2 Å². The second-order valence-corrected chi connectivity index (χ2v) is 6.35. The number of morpholine rings is 1. The number of carbonyl (C=O) groups is 1. The number of carbonyl (C=O) groups excluding carboxylic acids is 1. The predicted octanol–water partition coefficient (Wildman–Crippen LogP) is 2.31. The number of hydrogen-bond donors (Lipinski definition) is 1. The summed E-state index contributed by atoms with van der Waals surface area (Å²) in [4.78, 5) is 17.8. The van der Waals surface area contributed by atoms with Crippen molar-refractivity contribution in [2.24, 2.45) is 0 Å². The van der Waals surface area contributed by atoms with Crippen molar-refractivity contribution >= 4 is 16.8 Å². The lowest BCUT2D eigenvalue weighted by Crippen LogP contribution is -2.43. The van der Waals surface area contributed by atoms with E-state index in [0.717, 1.165) is 16.5 Å². The maximum atomic E-state index is 12.8. The van der Waals surface area contributed by atoms with Crippen LogP contribution in [0.1, 0.15) is 29.0 Å². The molecule has 7 heteroatoms. The van der Waals surface area contributed by atoms with Crippen LogP contribution in [0.5, 0.6) is 0 Å². The van der Waals surface area contributed by atoms with E-state index in [1.54, 1.807) is 6.92 Å². The molecule has 3 heterocycles. The number of para-hydroxylation sites is 1. The molecule has 3 aromatic rings. The first-order valence-corrected chi connectivity index (χ1v) is 8.37. The van der Waals surface area contributed by atoms with Crippen molar-refractivity contribution < 1.29 is 13.9 Å². The predicted molar refractivity (Wildman–Crippen MR) is 91.0 cm³/mol. The largest absolute Gasteiger partial charge is 0.423 e. The molecule has 0 bridgehead atoms. The zero-order valence-electron chi connectivity index (χ0n) is 14.3. The smallest absolute Gasteiger partial charge is 0.246 e. The van der Waals surface area contributed by atoms with Crippen molar-refractivity contribution in [1.82, 2.24) is 20.1 Å². The zero-order chi connectivity index (χ0) is 17.4. The molecule has 1 amide bonds. The van der Waals surface area contributed by atoms with Crippen molar-refractivity contribution in [2.75, 3.05) is 19.7 Å². The molecule has 4 rings (SSSR count). The number of fused-ring (bicyclic) bond motifs is 1. The summed E-state index contributed by atoms with van der Waals surface area (Å²) in [7, 11) is 0. The Morgan fingerprint density at radius 3 is 3.04 bits per heavy atom. The molecule has 1 fully saturated rings. The Morgan fingerprint density at radius 1 is 1.36 bits per heavy atom. The number of nitrogens with one attached hydrogen (secondary N) is 1. The molecule has 0 spiro atoms. The standard InChI is InChI=1S/C18H20N4O3/c1-11-4-3-5-14-13(9-19-17(11)14)8-16(23)22-6-7-24-15(10-22)18-21-20-12(2)25-18/h3-5,9,15,19H,6-8,10H2,1-2H3/t15-/m1/s1. The van der Waals surface area contributed by atoms with Gasteiger partial charge in [-0.1, -0.05) is 18.2 Å². The number of rotatable bonds is 3. The van der Waals surface area contributed by atoms with Gasteiger partial charge < -0.3 is 19.0 Å². The lowest BCUT2D eigenvalue weighted by molar-refractivity contribution is -0.139. The third kappa shape index (κ3) is 3.02. The van der Waals surface area contributed by atoms with Crippen molar-refractivity contribution in [3.8, 4) is 0 Å². The summed E-state index contributed by atoms with van der Waals surface area (Å²) in [5, 5.41) is 8.94. The van der Waals surface area contributed by atoms with Crippen LogP contribution in [0.15, 0.2) is 28.8 Å². The quantitative estimate of drug-likeness (QED) is 0.791. The number of aryl methyl sites for hydroxylation is 2. The third-order valence-corrected chi connectivity index (χ3v) is 4.59. The number of benzene rings is 1. The van der Waals surface area contributed by atoms with Crippen LogP contribution in [0.4, 0.5) is 0 Å². The minimum atomic E-state index is -0.357. The maximum Gasteiger partial charge on any atom is 0.246 e. The Labute approximate surface area is 145 Å². The molecule has 0 unspecified atom stereocenters. The van der Waals surface area contributed by atoms with Gasteiger partial charge in [0.05, 0.1) is 19.6 Å². The highest BCUT2D eigenvalue weighted by Crippen LogP contribution is 2.24. The van der Waals surface area contributed by atoms with Gasteiger partial charge in [-0.05, 0) is 18.1 Å². The van der Waals surface area contributed by atoms with E-state index in [4.69, 9.17) is 9.15 Å². The fourth-order valence-corrected chi connectivity index (χ4v) is 3.25. The molecule has 1 aliphatic heterocycles. The van der Waals surface area contributed by atoms with Crippen molar-refractivity contribution in [3.05, 3.63) is 47.3 Å². The van der Waals surface area contributed by atoms with Gasteiger partial charge in [0.2, 0.25) is 17.7 Å². The lowest BCUT2D eigenvalue weighted by atomic mass is 10.1. The van der Waals surface area contributed by atoms with Crippen LogP contribution in [0, 0.1) is 13.8 Å².